The Kier molecular flexibility index (Phi) is 5.23. The number of H-pyrrole nitrogens is 1. The van der Waals surface area contributed by atoms with Crippen molar-refractivity contribution < 1.29 is 33.8 Å². The van der Waals surface area contributed by atoms with E-state index in [1.54, 1.807) is 22.6 Å². The summed E-state index contributed by atoms with van der Waals surface area (Å²) in [4.78, 5) is 42.2. The monoisotopic (exact) mass is 450 g/mol. The van der Waals surface area contributed by atoms with Gasteiger partial charge < -0.3 is 24.7 Å². The zero-order valence-electron chi connectivity index (χ0n) is 10.7. The molecule has 13 heteroatoms. The lowest BCUT2D eigenvalue weighted by Crippen LogP contribution is -2.39. The Hall–Kier alpha value is -0.600. The van der Waals surface area contributed by atoms with Crippen LogP contribution in [-0.2, 0) is 13.8 Å². The summed E-state index contributed by atoms with van der Waals surface area (Å²) in [5.74, 6) is 0. The molecule has 0 saturated carbocycles. The number of ether oxygens (including phenoxy) is 1. The summed E-state index contributed by atoms with van der Waals surface area (Å²) in [5.41, 5.74) is -1.50. The summed E-state index contributed by atoms with van der Waals surface area (Å²) < 4.78 is 21.2. The highest BCUT2D eigenvalue weighted by atomic mass is 127. The van der Waals surface area contributed by atoms with Crippen LogP contribution >= 0.6 is 30.4 Å². The molecule has 5 N–H and O–H groups in total. The van der Waals surface area contributed by atoms with Gasteiger partial charge in [0.1, 0.15) is 18.3 Å². The molecule has 0 aliphatic carbocycles. The van der Waals surface area contributed by atoms with E-state index in [1.807, 2.05) is 4.98 Å². The standard InChI is InChI=1S/C9H12IN2O9P/c10-4-1-5(13)11-9(16)12(4)8-7(15)6(14)3(21-8)2-20-22(17,18)19/h1,3,6-8,14-15H,2H2,(H,11,13,16)(H2,17,18,19)/t3-,6?,7?,8-/m1/s1. The number of rotatable bonds is 4. The first-order valence-electron chi connectivity index (χ1n) is 5.83. The van der Waals surface area contributed by atoms with Crippen LogP contribution in [-0.4, -0.2) is 54.5 Å². The molecule has 124 valence electrons. The molecule has 0 spiro atoms. The molecule has 4 atom stereocenters. The minimum absolute atomic E-state index is 0.152. The van der Waals surface area contributed by atoms with Crippen LogP contribution in [0.5, 0.6) is 0 Å². The number of phosphoric ester groups is 1. The van der Waals surface area contributed by atoms with Gasteiger partial charge in [-0.3, -0.25) is 18.9 Å². The molecule has 0 amide bonds. The quantitative estimate of drug-likeness (QED) is 0.195. The first-order chi connectivity index (χ1) is 10.1. The van der Waals surface area contributed by atoms with Crippen molar-refractivity contribution in [3.63, 3.8) is 0 Å². The maximum Gasteiger partial charge on any atom is 0.469 e. The van der Waals surface area contributed by atoms with E-state index in [9.17, 15) is 24.4 Å². The number of hydrogen-bond acceptors (Lipinski definition) is 7. The second-order valence-corrected chi connectivity index (χ2v) is 6.81. The summed E-state index contributed by atoms with van der Waals surface area (Å²) in [6, 6.07) is 1.09. The number of phosphoric acid groups is 1. The fourth-order valence-corrected chi connectivity index (χ4v) is 3.08. The molecule has 1 fully saturated rings. The largest absolute Gasteiger partial charge is 0.469 e. The van der Waals surface area contributed by atoms with E-state index in [1.165, 1.54) is 0 Å². The Morgan fingerprint density at radius 3 is 2.55 bits per heavy atom. The maximum absolute atomic E-state index is 11.8. The zero-order valence-corrected chi connectivity index (χ0v) is 13.7. The minimum atomic E-state index is -4.77. The van der Waals surface area contributed by atoms with Crippen LogP contribution in [0.4, 0.5) is 0 Å². The van der Waals surface area contributed by atoms with Gasteiger partial charge in [-0.25, -0.2) is 9.36 Å². The number of hydrogen-bond donors (Lipinski definition) is 5. The molecular weight excluding hydrogens is 438 g/mol. The molecule has 11 nitrogen and oxygen atoms in total. The van der Waals surface area contributed by atoms with Gasteiger partial charge in [-0.05, 0) is 22.6 Å². The lowest BCUT2D eigenvalue weighted by atomic mass is 10.1. The summed E-state index contributed by atoms with van der Waals surface area (Å²) >= 11 is 1.67. The van der Waals surface area contributed by atoms with Gasteiger partial charge in [-0.15, -0.1) is 0 Å². The van der Waals surface area contributed by atoms with Gasteiger partial charge in [0.05, 0.1) is 10.3 Å². The van der Waals surface area contributed by atoms with Crippen LogP contribution < -0.4 is 11.2 Å². The molecule has 1 aromatic heterocycles. The Bertz CT molecular complexity index is 712. The molecule has 1 saturated heterocycles. The van der Waals surface area contributed by atoms with Crippen molar-refractivity contribution >= 4 is 30.4 Å². The third-order valence-electron chi connectivity index (χ3n) is 2.93. The van der Waals surface area contributed by atoms with Gasteiger partial charge in [-0.1, -0.05) is 0 Å². The van der Waals surface area contributed by atoms with Gasteiger partial charge in [0, 0.05) is 6.07 Å². The van der Waals surface area contributed by atoms with Crippen LogP contribution in [0.3, 0.4) is 0 Å². The first-order valence-corrected chi connectivity index (χ1v) is 8.44. The summed E-state index contributed by atoms with van der Waals surface area (Å²) in [6.07, 6.45) is -5.69. The number of aromatic nitrogens is 2. The van der Waals surface area contributed by atoms with Crippen LogP contribution in [0.15, 0.2) is 15.7 Å². The van der Waals surface area contributed by atoms with E-state index in [2.05, 4.69) is 4.52 Å². The van der Waals surface area contributed by atoms with Crippen LogP contribution in [0, 0.1) is 3.70 Å². The molecule has 1 aliphatic heterocycles. The van der Waals surface area contributed by atoms with Crippen molar-refractivity contribution in [3.8, 4) is 0 Å². The predicted octanol–water partition coefficient (Wildman–Crippen LogP) is -2.13. The Morgan fingerprint density at radius 2 is 2.00 bits per heavy atom. The van der Waals surface area contributed by atoms with E-state index in [0.717, 1.165) is 10.6 Å². The SMILES string of the molecule is O=c1cc(I)n([C@@H]2O[C@H](COP(=O)(O)O)C(O)C2O)c(=O)[nH]1. The zero-order chi connectivity index (χ0) is 16.7. The molecule has 22 heavy (non-hydrogen) atoms. The Morgan fingerprint density at radius 1 is 1.36 bits per heavy atom. The summed E-state index contributed by atoms with van der Waals surface area (Å²) in [5, 5.41) is 19.8. The average molecular weight is 450 g/mol. The van der Waals surface area contributed by atoms with Crippen molar-refractivity contribution in [2.75, 3.05) is 6.61 Å². The molecule has 0 aromatic carbocycles. The van der Waals surface area contributed by atoms with Gasteiger partial charge in [-0.2, -0.15) is 0 Å². The highest BCUT2D eigenvalue weighted by molar-refractivity contribution is 14.1. The van der Waals surface area contributed by atoms with Gasteiger partial charge >= 0.3 is 13.5 Å². The summed E-state index contributed by atoms with van der Waals surface area (Å²) in [6.45, 7) is -0.687. The second-order valence-electron chi connectivity index (χ2n) is 4.46. The number of nitrogens with zero attached hydrogens (tertiary/aromatic N) is 1. The lowest BCUT2D eigenvalue weighted by Gasteiger charge is -2.18. The van der Waals surface area contributed by atoms with Gasteiger partial charge in [0.2, 0.25) is 0 Å². The first kappa shape index (κ1) is 17.7. The highest BCUT2D eigenvalue weighted by Crippen LogP contribution is 2.38. The molecular formula is C9H12IN2O9P. The second kappa shape index (κ2) is 6.49. The van der Waals surface area contributed by atoms with Crippen molar-refractivity contribution in [1.82, 2.24) is 9.55 Å². The Labute approximate surface area is 135 Å². The number of aromatic amines is 1. The van der Waals surface area contributed by atoms with E-state index < -0.39 is 50.2 Å². The third kappa shape index (κ3) is 3.83. The Balaban J connectivity index is 2.26. The molecule has 0 radical (unpaired) electrons. The molecule has 2 rings (SSSR count). The molecule has 2 heterocycles. The molecule has 1 aromatic rings. The van der Waals surface area contributed by atoms with Crippen molar-refractivity contribution in [3.05, 3.63) is 30.6 Å². The van der Waals surface area contributed by atoms with E-state index >= 15 is 0 Å². The smallest absolute Gasteiger partial charge is 0.387 e. The van der Waals surface area contributed by atoms with E-state index in [4.69, 9.17) is 14.5 Å². The fourth-order valence-electron chi connectivity index (χ4n) is 1.96. The summed E-state index contributed by atoms with van der Waals surface area (Å²) in [7, 11) is -4.77. The van der Waals surface area contributed by atoms with Crippen molar-refractivity contribution in [1.29, 1.82) is 0 Å². The van der Waals surface area contributed by atoms with Crippen LogP contribution in [0.25, 0.3) is 0 Å². The third-order valence-corrected chi connectivity index (χ3v) is 4.24. The average Bonchev–Trinajstić information content (AvgIpc) is 2.63. The molecule has 1 aliphatic rings. The maximum atomic E-state index is 11.8. The minimum Gasteiger partial charge on any atom is -0.387 e. The lowest BCUT2D eigenvalue weighted by molar-refractivity contribution is -0.0555. The van der Waals surface area contributed by atoms with E-state index in [0.29, 0.717) is 0 Å². The molecule has 0 bridgehead atoms. The molecule has 2 unspecified atom stereocenters. The van der Waals surface area contributed by atoms with Crippen LogP contribution in [0.1, 0.15) is 6.23 Å². The van der Waals surface area contributed by atoms with Crippen LogP contribution in [0.2, 0.25) is 0 Å². The number of nitrogens with one attached hydrogen (secondary N) is 1. The normalized spacial score (nSPS) is 29.0. The predicted molar refractivity (Wildman–Crippen MR) is 78.0 cm³/mol. The number of aliphatic hydroxyl groups excluding tert-OH is 2. The topological polar surface area (TPSA) is 171 Å². The van der Waals surface area contributed by atoms with Crippen molar-refractivity contribution in [2.24, 2.45) is 0 Å². The van der Waals surface area contributed by atoms with Gasteiger partial charge in [0.25, 0.3) is 5.56 Å². The van der Waals surface area contributed by atoms with Gasteiger partial charge in [0.15, 0.2) is 6.23 Å². The van der Waals surface area contributed by atoms with Crippen molar-refractivity contribution in [2.45, 2.75) is 24.5 Å². The van der Waals surface area contributed by atoms with E-state index in [-0.39, 0.29) is 3.70 Å². The number of halogens is 1. The fraction of sp³-hybridized carbons (Fsp3) is 0.556. The highest BCUT2D eigenvalue weighted by Gasteiger charge is 2.45. The number of aliphatic hydroxyl groups is 2.